The van der Waals surface area contributed by atoms with Gasteiger partial charge in [0, 0.05) is 0 Å². The SMILES string of the molecule is CN(C)CCCC(O)(c1ccccc1)c1ccc(C(F)(F)F)cc1. The standard InChI is InChI=1S/C19H22F3NO/c1-23(2)14-6-13-18(24,15-7-4-3-5-8-15)16-9-11-17(12-10-16)19(20,21)22/h3-5,7-12,24H,6,13-14H2,1-2H3. The summed E-state index contributed by atoms with van der Waals surface area (Å²) >= 11 is 0. The normalized spacial score (nSPS) is 14.6. The van der Waals surface area contributed by atoms with Gasteiger partial charge < -0.3 is 10.0 Å². The smallest absolute Gasteiger partial charge is 0.380 e. The summed E-state index contributed by atoms with van der Waals surface area (Å²) in [4.78, 5) is 2.01. The van der Waals surface area contributed by atoms with Crippen molar-refractivity contribution in [3.05, 3.63) is 71.3 Å². The van der Waals surface area contributed by atoms with Gasteiger partial charge in [0.15, 0.2) is 0 Å². The van der Waals surface area contributed by atoms with Crippen LogP contribution >= 0.6 is 0 Å². The van der Waals surface area contributed by atoms with Gasteiger partial charge in [0.05, 0.1) is 5.56 Å². The topological polar surface area (TPSA) is 23.5 Å². The Balaban J connectivity index is 2.35. The van der Waals surface area contributed by atoms with Crippen molar-refractivity contribution in [2.75, 3.05) is 20.6 Å². The minimum atomic E-state index is -4.38. The molecule has 0 bridgehead atoms. The van der Waals surface area contributed by atoms with Gasteiger partial charge in [0.2, 0.25) is 0 Å². The molecule has 0 heterocycles. The molecule has 0 fully saturated rings. The Morgan fingerprint density at radius 3 is 1.83 bits per heavy atom. The molecule has 0 saturated heterocycles. The van der Waals surface area contributed by atoms with Gasteiger partial charge in [-0.25, -0.2) is 0 Å². The van der Waals surface area contributed by atoms with Gasteiger partial charge in [-0.2, -0.15) is 13.2 Å². The molecule has 24 heavy (non-hydrogen) atoms. The van der Waals surface area contributed by atoms with Crippen LogP contribution in [0.3, 0.4) is 0 Å². The first kappa shape index (κ1) is 18.5. The van der Waals surface area contributed by atoms with Gasteiger partial charge in [-0.15, -0.1) is 0 Å². The molecule has 1 atom stereocenters. The second kappa shape index (κ2) is 7.36. The second-order valence-electron chi connectivity index (χ2n) is 6.21. The van der Waals surface area contributed by atoms with Crippen LogP contribution in [0.2, 0.25) is 0 Å². The lowest BCUT2D eigenvalue weighted by molar-refractivity contribution is -0.137. The van der Waals surface area contributed by atoms with Crippen LogP contribution in [0.25, 0.3) is 0 Å². The Kier molecular flexibility index (Phi) is 5.67. The van der Waals surface area contributed by atoms with Crippen LogP contribution in [-0.4, -0.2) is 30.6 Å². The number of alkyl halides is 3. The lowest BCUT2D eigenvalue weighted by atomic mass is 9.82. The molecule has 0 radical (unpaired) electrons. The van der Waals surface area contributed by atoms with Crippen molar-refractivity contribution < 1.29 is 18.3 Å². The Morgan fingerprint density at radius 2 is 1.33 bits per heavy atom. The Bertz CT molecular complexity index is 638. The highest BCUT2D eigenvalue weighted by Crippen LogP contribution is 2.36. The van der Waals surface area contributed by atoms with Crippen LogP contribution < -0.4 is 0 Å². The monoisotopic (exact) mass is 337 g/mol. The van der Waals surface area contributed by atoms with Crippen molar-refractivity contribution >= 4 is 0 Å². The predicted octanol–water partition coefficient (Wildman–Crippen LogP) is 4.28. The van der Waals surface area contributed by atoms with Crippen molar-refractivity contribution in [2.45, 2.75) is 24.6 Å². The summed E-state index contributed by atoms with van der Waals surface area (Å²) in [6.07, 6.45) is -3.23. The Labute approximate surface area is 140 Å². The van der Waals surface area contributed by atoms with E-state index in [1.54, 1.807) is 12.1 Å². The largest absolute Gasteiger partial charge is 0.416 e. The predicted molar refractivity (Wildman–Crippen MR) is 88.7 cm³/mol. The summed E-state index contributed by atoms with van der Waals surface area (Å²) in [7, 11) is 3.89. The third kappa shape index (κ3) is 4.36. The summed E-state index contributed by atoms with van der Waals surface area (Å²) < 4.78 is 38.3. The van der Waals surface area contributed by atoms with E-state index in [9.17, 15) is 18.3 Å². The van der Waals surface area contributed by atoms with E-state index < -0.39 is 17.3 Å². The highest BCUT2D eigenvalue weighted by molar-refractivity contribution is 5.37. The highest BCUT2D eigenvalue weighted by Gasteiger charge is 2.34. The van der Waals surface area contributed by atoms with Crippen LogP contribution in [0.15, 0.2) is 54.6 Å². The van der Waals surface area contributed by atoms with Gasteiger partial charge >= 0.3 is 6.18 Å². The average Bonchev–Trinajstić information content (AvgIpc) is 2.54. The average molecular weight is 337 g/mol. The minimum absolute atomic E-state index is 0.431. The van der Waals surface area contributed by atoms with Gasteiger partial charge in [0.1, 0.15) is 5.60 Å². The molecule has 0 aliphatic heterocycles. The first-order valence-corrected chi connectivity index (χ1v) is 7.84. The number of halogens is 3. The van der Waals surface area contributed by atoms with Crippen LogP contribution in [0, 0.1) is 0 Å². The fourth-order valence-corrected chi connectivity index (χ4v) is 2.76. The first-order chi connectivity index (χ1) is 11.2. The molecule has 2 aromatic carbocycles. The molecule has 0 aliphatic rings. The lowest BCUT2D eigenvalue weighted by Gasteiger charge is -2.30. The number of benzene rings is 2. The fourth-order valence-electron chi connectivity index (χ4n) is 2.76. The van der Waals surface area contributed by atoms with Crippen molar-refractivity contribution in [3.63, 3.8) is 0 Å². The fraction of sp³-hybridized carbons (Fsp3) is 0.368. The van der Waals surface area contributed by atoms with Gasteiger partial charge in [-0.05, 0) is 56.7 Å². The summed E-state index contributed by atoms with van der Waals surface area (Å²) in [5, 5.41) is 11.3. The molecule has 2 rings (SSSR count). The molecule has 1 N–H and O–H groups in total. The molecule has 0 aliphatic carbocycles. The molecular formula is C19H22F3NO. The van der Waals surface area contributed by atoms with Crippen molar-refractivity contribution in [2.24, 2.45) is 0 Å². The maximum atomic E-state index is 12.8. The number of aliphatic hydroxyl groups is 1. The van der Waals surface area contributed by atoms with Crippen LogP contribution in [-0.2, 0) is 11.8 Å². The van der Waals surface area contributed by atoms with E-state index in [4.69, 9.17) is 0 Å². The van der Waals surface area contributed by atoms with Crippen molar-refractivity contribution in [1.82, 2.24) is 4.90 Å². The number of hydrogen-bond acceptors (Lipinski definition) is 2. The third-order valence-electron chi connectivity index (χ3n) is 4.09. The molecule has 1 unspecified atom stereocenters. The highest BCUT2D eigenvalue weighted by atomic mass is 19.4. The van der Waals surface area contributed by atoms with Gasteiger partial charge in [-0.1, -0.05) is 42.5 Å². The van der Waals surface area contributed by atoms with Crippen LogP contribution in [0.5, 0.6) is 0 Å². The van der Waals surface area contributed by atoms with Gasteiger partial charge in [0.25, 0.3) is 0 Å². The first-order valence-electron chi connectivity index (χ1n) is 7.84. The maximum absolute atomic E-state index is 12.8. The molecule has 0 saturated carbocycles. The second-order valence-corrected chi connectivity index (χ2v) is 6.21. The van der Waals surface area contributed by atoms with E-state index in [1.165, 1.54) is 12.1 Å². The van der Waals surface area contributed by atoms with Gasteiger partial charge in [-0.3, -0.25) is 0 Å². The molecule has 2 aromatic rings. The Morgan fingerprint density at radius 1 is 0.833 bits per heavy atom. The van der Waals surface area contributed by atoms with E-state index in [0.717, 1.165) is 25.1 Å². The lowest BCUT2D eigenvalue weighted by Crippen LogP contribution is -2.29. The van der Waals surface area contributed by atoms with Crippen LogP contribution in [0.1, 0.15) is 29.5 Å². The molecule has 5 heteroatoms. The molecular weight excluding hydrogens is 315 g/mol. The third-order valence-corrected chi connectivity index (χ3v) is 4.09. The van der Waals surface area contributed by atoms with E-state index in [1.807, 2.05) is 37.2 Å². The van der Waals surface area contributed by atoms with E-state index in [0.29, 0.717) is 17.5 Å². The number of hydrogen-bond donors (Lipinski definition) is 1. The van der Waals surface area contributed by atoms with E-state index in [2.05, 4.69) is 0 Å². The summed E-state index contributed by atoms with van der Waals surface area (Å²) in [6, 6.07) is 13.9. The molecule has 0 aromatic heterocycles. The zero-order valence-electron chi connectivity index (χ0n) is 13.8. The van der Waals surface area contributed by atoms with Crippen LogP contribution in [0.4, 0.5) is 13.2 Å². The maximum Gasteiger partial charge on any atom is 0.416 e. The summed E-state index contributed by atoms with van der Waals surface area (Å²) in [5.74, 6) is 0. The molecule has 2 nitrogen and oxygen atoms in total. The summed E-state index contributed by atoms with van der Waals surface area (Å²) in [5.41, 5.74) is -0.861. The molecule has 0 spiro atoms. The van der Waals surface area contributed by atoms with Crippen molar-refractivity contribution in [1.29, 1.82) is 0 Å². The van der Waals surface area contributed by atoms with Crippen molar-refractivity contribution in [3.8, 4) is 0 Å². The van der Waals surface area contributed by atoms with E-state index in [-0.39, 0.29) is 0 Å². The number of nitrogens with zero attached hydrogens (tertiary/aromatic N) is 1. The van der Waals surface area contributed by atoms with E-state index >= 15 is 0 Å². The molecule has 0 amide bonds. The minimum Gasteiger partial charge on any atom is -0.380 e. The molecule has 130 valence electrons. The summed E-state index contributed by atoms with van der Waals surface area (Å²) in [6.45, 7) is 0.787. The zero-order chi connectivity index (χ0) is 17.8. The number of rotatable bonds is 6. The quantitative estimate of drug-likeness (QED) is 0.850. The zero-order valence-corrected chi connectivity index (χ0v) is 13.8. The Hall–Kier alpha value is -1.85.